The normalized spacial score (nSPS) is 11.0. The number of nitrogens with zero attached hydrogens (tertiary/aromatic N) is 2. The number of amides is 1. The minimum Gasteiger partial charge on any atom is -0.465 e. The molecule has 0 saturated carbocycles. The van der Waals surface area contributed by atoms with Gasteiger partial charge in [0.05, 0.1) is 30.2 Å². The van der Waals surface area contributed by atoms with Crippen LogP contribution in [0.25, 0.3) is 10.9 Å². The number of carbonyl (C=O) groups excluding carboxylic acids is 2. The minimum atomic E-state index is -0.395. The van der Waals surface area contributed by atoms with Crippen molar-refractivity contribution in [3.05, 3.63) is 70.9 Å². The highest BCUT2D eigenvalue weighted by molar-refractivity contribution is 8.00. The second-order valence-corrected chi connectivity index (χ2v) is 7.49. The van der Waals surface area contributed by atoms with E-state index < -0.39 is 5.97 Å². The number of thioether (sulfide) groups is 1. The SMILES string of the molecule is COC(=O)c1ccc(/C=N/NC(=O)CSc2cc(C)nc3ccc(C)cc23)cc1. The Labute approximate surface area is 173 Å². The molecule has 7 heteroatoms. The van der Waals surface area contributed by atoms with Gasteiger partial charge in [0.1, 0.15) is 0 Å². The van der Waals surface area contributed by atoms with Crippen LogP contribution in [-0.2, 0) is 9.53 Å². The summed E-state index contributed by atoms with van der Waals surface area (Å²) in [6.07, 6.45) is 1.53. The molecule has 0 radical (unpaired) electrons. The number of pyridine rings is 1. The highest BCUT2D eigenvalue weighted by atomic mass is 32.2. The predicted molar refractivity (Wildman–Crippen MR) is 115 cm³/mol. The van der Waals surface area contributed by atoms with Crippen LogP contribution in [0, 0.1) is 13.8 Å². The summed E-state index contributed by atoms with van der Waals surface area (Å²) in [6, 6.07) is 14.8. The molecule has 0 aliphatic rings. The van der Waals surface area contributed by atoms with Gasteiger partial charge in [0, 0.05) is 16.0 Å². The first-order valence-corrected chi connectivity index (χ1v) is 9.96. The fraction of sp³-hybridized carbons (Fsp3) is 0.182. The molecule has 3 rings (SSSR count). The number of fused-ring (bicyclic) bond motifs is 1. The van der Waals surface area contributed by atoms with E-state index in [1.165, 1.54) is 25.1 Å². The van der Waals surface area contributed by atoms with Gasteiger partial charge in [0.15, 0.2) is 0 Å². The summed E-state index contributed by atoms with van der Waals surface area (Å²) < 4.78 is 4.66. The molecule has 2 aromatic carbocycles. The number of aromatic nitrogens is 1. The third-order valence-corrected chi connectivity index (χ3v) is 5.20. The van der Waals surface area contributed by atoms with E-state index in [4.69, 9.17) is 0 Å². The lowest BCUT2D eigenvalue weighted by atomic mass is 10.1. The van der Waals surface area contributed by atoms with E-state index in [1.807, 2.05) is 32.0 Å². The van der Waals surface area contributed by atoms with E-state index >= 15 is 0 Å². The van der Waals surface area contributed by atoms with Gasteiger partial charge in [-0.25, -0.2) is 10.2 Å². The number of carbonyl (C=O) groups is 2. The Morgan fingerprint density at radius 2 is 1.90 bits per heavy atom. The Hall–Kier alpha value is -3.19. The molecule has 0 fully saturated rings. The lowest BCUT2D eigenvalue weighted by Crippen LogP contribution is -2.19. The summed E-state index contributed by atoms with van der Waals surface area (Å²) in [5.41, 5.74) is 6.73. The van der Waals surface area contributed by atoms with E-state index in [-0.39, 0.29) is 11.7 Å². The Morgan fingerprint density at radius 3 is 2.62 bits per heavy atom. The number of hydrogen-bond donors (Lipinski definition) is 1. The zero-order valence-electron chi connectivity index (χ0n) is 16.4. The average Bonchev–Trinajstić information content (AvgIpc) is 2.72. The van der Waals surface area contributed by atoms with Crippen molar-refractivity contribution < 1.29 is 14.3 Å². The lowest BCUT2D eigenvalue weighted by molar-refractivity contribution is -0.118. The molecule has 148 valence electrons. The maximum atomic E-state index is 12.2. The molecule has 0 atom stereocenters. The number of aryl methyl sites for hydroxylation is 2. The molecule has 0 aliphatic carbocycles. The van der Waals surface area contributed by atoms with Gasteiger partial charge in [0.25, 0.3) is 0 Å². The number of methoxy groups -OCH3 is 1. The molecule has 29 heavy (non-hydrogen) atoms. The zero-order chi connectivity index (χ0) is 20.8. The maximum Gasteiger partial charge on any atom is 0.337 e. The highest BCUT2D eigenvalue weighted by Crippen LogP contribution is 2.28. The van der Waals surface area contributed by atoms with Crippen LogP contribution in [0.3, 0.4) is 0 Å². The third-order valence-electron chi connectivity index (χ3n) is 4.15. The number of esters is 1. The number of rotatable bonds is 6. The van der Waals surface area contributed by atoms with Crippen molar-refractivity contribution in [1.29, 1.82) is 0 Å². The number of nitrogens with one attached hydrogen (secondary N) is 1. The van der Waals surface area contributed by atoms with Crippen molar-refractivity contribution in [2.75, 3.05) is 12.9 Å². The van der Waals surface area contributed by atoms with Gasteiger partial charge in [-0.2, -0.15) is 5.10 Å². The number of ether oxygens (including phenoxy) is 1. The smallest absolute Gasteiger partial charge is 0.337 e. The second kappa shape index (κ2) is 9.34. The predicted octanol–water partition coefficient (Wildman–Crippen LogP) is 3.88. The largest absolute Gasteiger partial charge is 0.465 e. The van der Waals surface area contributed by atoms with Crippen molar-refractivity contribution in [1.82, 2.24) is 10.4 Å². The maximum absolute atomic E-state index is 12.2. The van der Waals surface area contributed by atoms with Crippen LogP contribution >= 0.6 is 11.8 Å². The van der Waals surface area contributed by atoms with Crippen LogP contribution in [0.5, 0.6) is 0 Å². The summed E-state index contributed by atoms with van der Waals surface area (Å²) in [5.74, 6) is -0.355. The topological polar surface area (TPSA) is 80.6 Å². The van der Waals surface area contributed by atoms with Crippen molar-refractivity contribution in [2.45, 2.75) is 18.7 Å². The Balaban J connectivity index is 1.59. The van der Waals surface area contributed by atoms with Gasteiger partial charge in [-0.1, -0.05) is 23.8 Å². The van der Waals surface area contributed by atoms with Gasteiger partial charge in [-0.15, -0.1) is 11.8 Å². The fourth-order valence-corrected chi connectivity index (χ4v) is 3.66. The Kier molecular flexibility index (Phi) is 6.61. The number of hydrazone groups is 1. The molecule has 0 saturated heterocycles. The zero-order valence-corrected chi connectivity index (χ0v) is 17.2. The summed E-state index contributed by atoms with van der Waals surface area (Å²) in [5, 5.41) is 5.02. The molecule has 1 heterocycles. The standard InChI is InChI=1S/C22H21N3O3S/c1-14-4-9-19-18(10-14)20(11-15(2)24-19)29-13-21(26)25-23-12-16-5-7-17(8-6-16)22(27)28-3/h4-12H,13H2,1-3H3,(H,25,26)/b23-12+. The van der Waals surface area contributed by atoms with Crippen LogP contribution in [0.1, 0.15) is 27.2 Å². The van der Waals surface area contributed by atoms with E-state index in [9.17, 15) is 9.59 Å². The molecule has 0 unspecified atom stereocenters. The Morgan fingerprint density at radius 1 is 1.14 bits per heavy atom. The van der Waals surface area contributed by atoms with Gasteiger partial charge in [-0.05, 0) is 49.7 Å². The Bertz CT molecular complexity index is 1080. The van der Waals surface area contributed by atoms with E-state index in [2.05, 4.69) is 26.3 Å². The summed E-state index contributed by atoms with van der Waals surface area (Å²) in [4.78, 5) is 29.1. The third kappa shape index (κ3) is 5.42. The molecular formula is C22H21N3O3S. The summed E-state index contributed by atoms with van der Waals surface area (Å²) >= 11 is 1.46. The van der Waals surface area contributed by atoms with Crippen LogP contribution < -0.4 is 5.43 Å². The van der Waals surface area contributed by atoms with Gasteiger partial charge in [-0.3, -0.25) is 9.78 Å². The van der Waals surface area contributed by atoms with E-state index in [1.54, 1.807) is 24.3 Å². The van der Waals surface area contributed by atoms with Gasteiger partial charge < -0.3 is 4.74 Å². The lowest BCUT2D eigenvalue weighted by Gasteiger charge is -2.08. The first kappa shape index (κ1) is 20.5. The molecule has 0 aliphatic heterocycles. The van der Waals surface area contributed by atoms with Gasteiger partial charge >= 0.3 is 5.97 Å². The van der Waals surface area contributed by atoms with Crippen LogP contribution in [0.4, 0.5) is 0 Å². The minimum absolute atomic E-state index is 0.201. The number of benzene rings is 2. The molecular weight excluding hydrogens is 386 g/mol. The fourth-order valence-electron chi connectivity index (χ4n) is 2.73. The van der Waals surface area contributed by atoms with Crippen LogP contribution in [-0.4, -0.2) is 35.9 Å². The molecule has 0 bridgehead atoms. The highest BCUT2D eigenvalue weighted by Gasteiger charge is 2.08. The molecule has 6 nitrogen and oxygen atoms in total. The first-order chi connectivity index (χ1) is 14.0. The second-order valence-electron chi connectivity index (χ2n) is 6.48. The molecule has 0 spiro atoms. The van der Waals surface area contributed by atoms with E-state index in [0.717, 1.165) is 32.6 Å². The first-order valence-electron chi connectivity index (χ1n) is 8.97. The van der Waals surface area contributed by atoms with Crippen molar-refractivity contribution in [2.24, 2.45) is 5.10 Å². The monoisotopic (exact) mass is 407 g/mol. The summed E-state index contributed by atoms with van der Waals surface area (Å²) in [7, 11) is 1.34. The van der Waals surface area contributed by atoms with Crippen molar-refractivity contribution in [3.8, 4) is 0 Å². The molecule has 1 aromatic heterocycles. The van der Waals surface area contributed by atoms with Crippen molar-refractivity contribution >= 4 is 40.8 Å². The van der Waals surface area contributed by atoms with Crippen LogP contribution in [0.2, 0.25) is 0 Å². The summed E-state index contributed by atoms with van der Waals surface area (Å²) in [6.45, 7) is 3.98. The van der Waals surface area contributed by atoms with E-state index in [0.29, 0.717) is 5.56 Å². The van der Waals surface area contributed by atoms with Crippen LogP contribution in [0.15, 0.2) is 58.5 Å². The van der Waals surface area contributed by atoms with Gasteiger partial charge in [0.2, 0.25) is 5.91 Å². The van der Waals surface area contributed by atoms with Crippen molar-refractivity contribution in [3.63, 3.8) is 0 Å². The molecule has 1 amide bonds. The number of hydrogen-bond acceptors (Lipinski definition) is 6. The average molecular weight is 407 g/mol. The molecule has 1 N–H and O–H groups in total. The quantitative estimate of drug-likeness (QED) is 0.290. The molecule has 3 aromatic rings.